The Balaban J connectivity index is 1.62. The van der Waals surface area contributed by atoms with Crippen molar-refractivity contribution >= 4 is 17.5 Å². The molecule has 0 aromatic heterocycles. The summed E-state index contributed by atoms with van der Waals surface area (Å²) in [5, 5.41) is 0.746. The van der Waals surface area contributed by atoms with Gasteiger partial charge in [0.15, 0.2) is 0 Å². The molecule has 2 aliphatic carbocycles. The number of fused-ring (bicyclic) bond motifs is 5. The first-order valence-electron chi connectivity index (χ1n) is 6.46. The standard InChI is InChI=1S/C15H14ClNO/c16-12-5-3-9(4-6-12)15-17-8-13-10-1-2-11(7-10)14(13)18-15/h1-6,10-11,13-14H,7-8H2/t10-,11+,13+,14-/m0/s1. The summed E-state index contributed by atoms with van der Waals surface area (Å²) in [6.45, 7) is 0.897. The average molecular weight is 260 g/mol. The molecule has 3 heteroatoms. The summed E-state index contributed by atoms with van der Waals surface area (Å²) in [5.74, 6) is 2.67. The van der Waals surface area contributed by atoms with Crippen molar-refractivity contribution < 1.29 is 4.74 Å². The van der Waals surface area contributed by atoms with Crippen LogP contribution in [0.3, 0.4) is 0 Å². The Hall–Kier alpha value is -1.28. The topological polar surface area (TPSA) is 21.6 Å². The number of benzene rings is 1. The first-order valence-corrected chi connectivity index (χ1v) is 6.84. The summed E-state index contributed by atoms with van der Waals surface area (Å²) in [6, 6.07) is 7.72. The molecular weight excluding hydrogens is 246 g/mol. The summed E-state index contributed by atoms with van der Waals surface area (Å²) >= 11 is 5.90. The Bertz CT molecular complexity index is 534. The highest BCUT2D eigenvalue weighted by atomic mass is 35.5. The van der Waals surface area contributed by atoms with Crippen molar-refractivity contribution in [3.63, 3.8) is 0 Å². The maximum Gasteiger partial charge on any atom is 0.216 e. The fraction of sp³-hybridized carbons (Fsp3) is 0.400. The van der Waals surface area contributed by atoms with Crippen LogP contribution in [0.5, 0.6) is 0 Å². The van der Waals surface area contributed by atoms with Crippen LogP contribution in [0.25, 0.3) is 0 Å². The largest absolute Gasteiger partial charge is 0.473 e. The maximum absolute atomic E-state index is 6.13. The van der Waals surface area contributed by atoms with E-state index in [2.05, 4.69) is 17.1 Å². The second kappa shape index (κ2) is 3.86. The lowest BCUT2D eigenvalue weighted by molar-refractivity contribution is 0.0990. The quantitative estimate of drug-likeness (QED) is 0.709. The van der Waals surface area contributed by atoms with E-state index >= 15 is 0 Å². The number of nitrogens with zero attached hydrogens (tertiary/aromatic N) is 1. The molecule has 0 amide bonds. The molecule has 1 aromatic carbocycles. The van der Waals surface area contributed by atoms with Crippen molar-refractivity contribution in [1.82, 2.24) is 0 Å². The van der Waals surface area contributed by atoms with E-state index in [0.29, 0.717) is 23.9 Å². The monoisotopic (exact) mass is 259 g/mol. The number of hydrogen-bond donors (Lipinski definition) is 0. The summed E-state index contributed by atoms with van der Waals surface area (Å²) in [5.41, 5.74) is 1.03. The third-order valence-electron chi connectivity index (χ3n) is 4.33. The molecule has 1 aliphatic heterocycles. The van der Waals surface area contributed by atoms with Crippen LogP contribution in [0.1, 0.15) is 12.0 Å². The Morgan fingerprint density at radius 1 is 1.11 bits per heavy atom. The lowest BCUT2D eigenvalue weighted by Crippen LogP contribution is -2.36. The summed E-state index contributed by atoms with van der Waals surface area (Å²) < 4.78 is 6.13. The van der Waals surface area contributed by atoms with Gasteiger partial charge in [-0.2, -0.15) is 0 Å². The average Bonchev–Trinajstić information content (AvgIpc) is 3.01. The first kappa shape index (κ1) is 10.6. The third kappa shape index (κ3) is 1.52. The van der Waals surface area contributed by atoms with E-state index in [0.717, 1.165) is 23.0 Å². The second-order valence-corrected chi connectivity index (χ2v) is 5.78. The highest BCUT2D eigenvalue weighted by molar-refractivity contribution is 6.30. The van der Waals surface area contributed by atoms with Gasteiger partial charge in [-0.05, 0) is 36.6 Å². The predicted molar refractivity (Wildman–Crippen MR) is 72.0 cm³/mol. The number of halogens is 1. The van der Waals surface area contributed by atoms with Crippen LogP contribution in [-0.4, -0.2) is 18.5 Å². The molecule has 4 atom stereocenters. The van der Waals surface area contributed by atoms with Gasteiger partial charge in [0.25, 0.3) is 0 Å². The smallest absolute Gasteiger partial charge is 0.216 e. The minimum absolute atomic E-state index is 0.336. The summed E-state index contributed by atoms with van der Waals surface area (Å²) in [7, 11) is 0. The minimum Gasteiger partial charge on any atom is -0.473 e. The van der Waals surface area contributed by atoms with E-state index in [-0.39, 0.29) is 0 Å². The fourth-order valence-corrected chi connectivity index (χ4v) is 3.53. The van der Waals surface area contributed by atoms with E-state index in [9.17, 15) is 0 Å². The van der Waals surface area contributed by atoms with Crippen LogP contribution in [0.2, 0.25) is 5.02 Å². The molecule has 4 rings (SSSR count). The second-order valence-electron chi connectivity index (χ2n) is 5.35. The number of ether oxygens (including phenoxy) is 1. The van der Waals surface area contributed by atoms with Crippen LogP contribution >= 0.6 is 11.6 Å². The third-order valence-corrected chi connectivity index (χ3v) is 4.58. The molecule has 1 saturated carbocycles. The van der Waals surface area contributed by atoms with Gasteiger partial charge in [-0.15, -0.1) is 0 Å². The van der Waals surface area contributed by atoms with Crippen LogP contribution in [0.4, 0.5) is 0 Å². The number of allylic oxidation sites excluding steroid dienone is 1. The lowest BCUT2D eigenvalue weighted by atomic mass is 9.90. The van der Waals surface area contributed by atoms with Crippen molar-refractivity contribution in [2.45, 2.75) is 12.5 Å². The van der Waals surface area contributed by atoms with Crippen molar-refractivity contribution in [3.8, 4) is 0 Å². The van der Waals surface area contributed by atoms with Gasteiger partial charge in [-0.25, -0.2) is 0 Å². The van der Waals surface area contributed by atoms with E-state index < -0.39 is 0 Å². The molecule has 1 heterocycles. The molecule has 18 heavy (non-hydrogen) atoms. The zero-order chi connectivity index (χ0) is 12.1. The van der Waals surface area contributed by atoms with Gasteiger partial charge in [-0.3, -0.25) is 4.99 Å². The molecule has 2 bridgehead atoms. The molecule has 0 saturated heterocycles. The van der Waals surface area contributed by atoms with E-state index in [1.54, 1.807) is 0 Å². The molecule has 0 spiro atoms. The molecule has 1 aromatic rings. The molecular formula is C15H14ClNO. The Morgan fingerprint density at radius 3 is 2.72 bits per heavy atom. The highest BCUT2D eigenvalue weighted by Crippen LogP contribution is 2.47. The summed E-state index contributed by atoms with van der Waals surface area (Å²) in [6.07, 6.45) is 6.25. The molecule has 0 radical (unpaired) electrons. The van der Waals surface area contributed by atoms with Crippen molar-refractivity contribution in [2.75, 3.05) is 6.54 Å². The van der Waals surface area contributed by atoms with Crippen molar-refractivity contribution in [1.29, 1.82) is 0 Å². The van der Waals surface area contributed by atoms with Crippen LogP contribution in [0, 0.1) is 17.8 Å². The van der Waals surface area contributed by atoms with Gasteiger partial charge in [0.05, 0.1) is 0 Å². The molecule has 0 N–H and O–H groups in total. The zero-order valence-electron chi connectivity index (χ0n) is 9.92. The van der Waals surface area contributed by atoms with Crippen LogP contribution in [0.15, 0.2) is 41.4 Å². The van der Waals surface area contributed by atoms with Crippen molar-refractivity contribution in [3.05, 3.63) is 47.0 Å². The SMILES string of the molecule is Clc1ccc(C2=NC[C@H]3[C@@H](O2)[C@@H]2C=C[C@H]3C2)cc1. The fourth-order valence-electron chi connectivity index (χ4n) is 3.40. The number of hydrogen-bond acceptors (Lipinski definition) is 2. The van der Waals surface area contributed by atoms with E-state index in [4.69, 9.17) is 16.3 Å². The molecule has 0 unspecified atom stereocenters. The van der Waals surface area contributed by atoms with Gasteiger partial charge >= 0.3 is 0 Å². The Labute approximate surface area is 111 Å². The van der Waals surface area contributed by atoms with Gasteiger partial charge in [0, 0.05) is 29.0 Å². The molecule has 2 nitrogen and oxygen atoms in total. The molecule has 3 aliphatic rings. The van der Waals surface area contributed by atoms with Crippen molar-refractivity contribution in [2.24, 2.45) is 22.7 Å². The first-order chi connectivity index (χ1) is 8.81. The predicted octanol–water partition coefficient (Wildman–Crippen LogP) is 3.31. The summed E-state index contributed by atoms with van der Waals surface area (Å²) in [4.78, 5) is 4.61. The van der Waals surface area contributed by atoms with Crippen LogP contribution < -0.4 is 0 Å². The maximum atomic E-state index is 6.13. The van der Waals surface area contributed by atoms with E-state index in [1.807, 2.05) is 24.3 Å². The van der Waals surface area contributed by atoms with Gasteiger partial charge < -0.3 is 4.74 Å². The number of rotatable bonds is 1. The van der Waals surface area contributed by atoms with Gasteiger partial charge in [0.1, 0.15) is 6.10 Å². The Kier molecular flexibility index (Phi) is 2.28. The minimum atomic E-state index is 0.336. The number of aliphatic imine (C=N–C) groups is 1. The van der Waals surface area contributed by atoms with Gasteiger partial charge in [-0.1, -0.05) is 23.8 Å². The highest BCUT2D eigenvalue weighted by Gasteiger charge is 2.47. The lowest BCUT2D eigenvalue weighted by Gasteiger charge is -2.32. The zero-order valence-corrected chi connectivity index (χ0v) is 10.7. The van der Waals surface area contributed by atoms with Crippen LogP contribution in [-0.2, 0) is 4.74 Å². The Morgan fingerprint density at radius 2 is 1.89 bits per heavy atom. The normalized spacial score (nSPS) is 36.2. The molecule has 1 fully saturated rings. The van der Waals surface area contributed by atoms with Gasteiger partial charge in [0.2, 0.25) is 5.90 Å². The van der Waals surface area contributed by atoms with E-state index in [1.165, 1.54) is 6.42 Å². The molecule has 92 valence electrons.